The number of methoxy groups -OCH3 is 1. The molecule has 2 aliphatic rings. The van der Waals surface area contributed by atoms with E-state index < -0.39 is 5.92 Å². The van der Waals surface area contributed by atoms with Crippen molar-refractivity contribution in [2.24, 2.45) is 0 Å². The van der Waals surface area contributed by atoms with E-state index in [0.29, 0.717) is 52.4 Å². The third-order valence-corrected chi connectivity index (χ3v) is 6.81. The fourth-order valence-electron chi connectivity index (χ4n) is 4.97. The molecule has 0 aromatic heterocycles. The summed E-state index contributed by atoms with van der Waals surface area (Å²) in [5.41, 5.74) is 3.89. The molecular formula is C29H25ClN2O3. The Hall–Kier alpha value is -3.83. The first-order valence-electron chi connectivity index (χ1n) is 11.5. The zero-order valence-corrected chi connectivity index (χ0v) is 20.0. The number of ketones is 1. The molecular weight excluding hydrogens is 460 g/mol. The van der Waals surface area contributed by atoms with Gasteiger partial charge in [-0.25, -0.2) is 0 Å². The minimum Gasteiger partial charge on any atom is -0.507 e. The molecule has 3 aromatic rings. The quantitative estimate of drug-likeness (QED) is 0.395. The van der Waals surface area contributed by atoms with Crippen LogP contribution in [0.1, 0.15) is 36.3 Å². The Bertz CT molecular complexity index is 1360. The van der Waals surface area contributed by atoms with Gasteiger partial charge in [-0.2, -0.15) is 0 Å². The fraction of sp³-hybridized carbons (Fsp3) is 0.172. The number of amidine groups is 1. The van der Waals surface area contributed by atoms with Gasteiger partial charge in [0.05, 0.1) is 7.11 Å². The van der Waals surface area contributed by atoms with E-state index in [1.807, 2.05) is 54.6 Å². The monoisotopic (exact) mass is 484 g/mol. The Morgan fingerprint density at radius 1 is 1.03 bits per heavy atom. The third kappa shape index (κ3) is 4.13. The van der Waals surface area contributed by atoms with Crippen LogP contribution in [0.15, 0.2) is 95.7 Å². The van der Waals surface area contributed by atoms with E-state index in [1.54, 1.807) is 36.3 Å². The number of halogens is 1. The summed E-state index contributed by atoms with van der Waals surface area (Å²) < 4.78 is 5.33. The summed E-state index contributed by atoms with van der Waals surface area (Å²) in [4.78, 5) is 15.3. The van der Waals surface area contributed by atoms with E-state index in [2.05, 4.69) is 0 Å². The maximum atomic E-state index is 13.5. The van der Waals surface area contributed by atoms with E-state index in [0.717, 1.165) is 11.3 Å². The number of ether oxygens (including phenoxy) is 1. The molecule has 176 valence electrons. The molecule has 6 heteroatoms. The number of Topliss-reactive ketones (excluding diaryl/α,β-unsaturated/α-hetero) is 1. The highest BCUT2D eigenvalue weighted by Gasteiger charge is 2.43. The lowest BCUT2D eigenvalue weighted by Crippen LogP contribution is -2.42. The second kappa shape index (κ2) is 9.43. The van der Waals surface area contributed by atoms with Crippen LogP contribution in [-0.4, -0.2) is 23.8 Å². The predicted molar refractivity (Wildman–Crippen MR) is 139 cm³/mol. The largest absolute Gasteiger partial charge is 0.507 e. The normalized spacial score (nSPS) is 19.5. The molecule has 5 nitrogen and oxygen atoms in total. The number of rotatable bonds is 4. The number of carbonyl (C=O) groups is 1. The summed E-state index contributed by atoms with van der Waals surface area (Å²) in [5, 5.41) is 21.4. The van der Waals surface area contributed by atoms with Crippen LogP contribution >= 0.6 is 11.6 Å². The van der Waals surface area contributed by atoms with Gasteiger partial charge in [-0.05, 0) is 48.7 Å². The molecule has 0 spiro atoms. The summed E-state index contributed by atoms with van der Waals surface area (Å²) in [6.07, 6.45) is 1.80. The highest BCUT2D eigenvalue weighted by atomic mass is 35.5. The van der Waals surface area contributed by atoms with Crippen molar-refractivity contribution in [1.82, 2.24) is 0 Å². The number of aliphatic hydroxyl groups is 1. The van der Waals surface area contributed by atoms with Gasteiger partial charge < -0.3 is 9.84 Å². The Balaban J connectivity index is 1.82. The molecule has 0 bridgehead atoms. The van der Waals surface area contributed by atoms with Crippen molar-refractivity contribution in [3.8, 4) is 5.75 Å². The predicted octanol–water partition coefficient (Wildman–Crippen LogP) is 6.91. The van der Waals surface area contributed by atoms with E-state index in [1.165, 1.54) is 0 Å². The number of carbonyl (C=O) groups excluding carboxylic acids is 1. The lowest BCUT2D eigenvalue weighted by Gasteiger charge is -2.41. The lowest BCUT2D eigenvalue weighted by molar-refractivity contribution is -0.116. The standard InChI is InChI=1S/C29H25ClN2O3/c1-35-22-15-13-18(14-16-22)25-26-23(11-6-12-24(26)33)32(21-10-5-9-20(30)17-21)29(31)27(25)28(34)19-7-3-2-4-8-19/h2-5,7-10,13-17,25,31,34H,6,11-12H2,1H3. The smallest absolute Gasteiger partial charge is 0.161 e. The van der Waals surface area contributed by atoms with Crippen molar-refractivity contribution in [2.45, 2.75) is 25.2 Å². The van der Waals surface area contributed by atoms with Gasteiger partial charge in [0.2, 0.25) is 0 Å². The van der Waals surface area contributed by atoms with Crippen LogP contribution in [0.4, 0.5) is 5.69 Å². The van der Waals surface area contributed by atoms with Crippen molar-refractivity contribution in [2.75, 3.05) is 12.0 Å². The highest BCUT2D eigenvalue weighted by molar-refractivity contribution is 6.31. The molecule has 1 aliphatic carbocycles. The van der Waals surface area contributed by atoms with Crippen LogP contribution < -0.4 is 9.64 Å². The number of hydrogen-bond donors (Lipinski definition) is 2. The van der Waals surface area contributed by atoms with Gasteiger partial charge in [-0.3, -0.25) is 15.1 Å². The number of anilines is 1. The minimum atomic E-state index is -0.577. The highest BCUT2D eigenvalue weighted by Crippen LogP contribution is 2.48. The van der Waals surface area contributed by atoms with Crippen LogP contribution in [0.25, 0.3) is 5.76 Å². The Kier molecular flexibility index (Phi) is 6.18. The lowest BCUT2D eigenvalue weighted by atomic mass is 9.73. The molecule has 0 saturated carbocycles. The maximum absolute atomic E-state index is 13.5. The molecule has 5 rings (SSSR count). The average molecular weight is 485 g/mol. The second-order valence-electron chi connectivity index (χ2n) is 8.64. The van der Waals surface area contributed by atoms with E-state index >= 15 is 0 Å². The molecule has 0 fully saturated rings. The molecule has 1 heterocycles. The van der Waals surface area contributed by atoms with E-state index in [4.69, 9.17) is 16.3 Å². The number of allylic oxidation sites excluding steroid dienone is 2. The molecule has 1 aliphatic heterocycles. The first-order chi connectivity index (χ1) is 17.0. The van der Waals surface area contributed by atoms with Crippen LogP contribution in [0.2, 0.25) is 5.02 Å². The molecule has 3 aromatic carbocycles. The topological polar surface area (TPSA) is 73.6 Å². The van der Waals surface area contributed by atoms with Crippen molar-refractivity contribution in [3.63, 3.8) is 0 Å². The number of benzene rings is 3. The summed E-state index contributed by atoms with van der Waals surface area (Å²) in [6, 6.07) is 23.9. The zero-order valence-electron chi connectivity index (χ0n) is 19.3. The van der Waals surface area contributed by atoms with Crippen LogP contribution in [0.3, 0.4) is 0 Å². The summed E-state index contributed by atoms with van der Waals surface area (Å²) in [6.45, 7) is 0. The first kappa shape index (κ1) is 22.9. The SMILES string of the molecule is COc1ccc(C2C(=C(O)c3ccccc3)C(=N)N(c3cccc(Cl)c3)C3=C2C(=O)CCC3)cc1. The van der Waals surface area contributed by atoms with Crippen molar-refractivity contribution >= 4 is 34.7 Å². The Morgan fingerprint density at radius 3 is 2.46 bits per heavy atom. The molecule has 2 N–H and O–H groups in total. The van der Waals surface area contributed by atoms with Crippen LogP contribution in [-0.2, 0) is 4.79 Å². The fourth-order valence-corrected chi connectivity index (χ4v) is 5.16. The Labute approximate surface area is 209 Å². The van der Waals surface area contributed by atoms with Gasteiger partial charge in [-0.15, -0.1) is 0 Å². The number of aliphatic hydroxyl groups excluding tert-OH is 1. The molecule has 1 unspecified atom stereocenters. The summed E-state index contributed by atoms with van der Waals surface area (Å²) in [7, 11) is 1.60. The first-order valence-corrected chi connectivity index (χ1v) is 11.9. The summed E-state index contributed by atoms with van der Waals surface area (Å²) >= 11 is 6.31. The van der Waals surface area contributed by atoms with Gasteiger partial charge in [0, 0.05) is 45.5 Å². The Morgan fingerprint density at radius 2 is 1.77 bits per heavy atom. The zero-order chi connectivity index (χ0) is 24.5. The summed E-state index contributed by atoms with van der Waals surface area (Å²) in [5.74, 6) is 0.259. The molecule has 0 amide bonds. The van der Waals surface area contributed by atoms with Gasteiger partial charge >= 0.3 is 0 Å². The number of hydrogen-bond acceptors (Lipinski definition) is 4. The van der Waals surface area contributed by atoms with Crippen LogP contribution in [0.5, 0.6) is 5.75 Å². The van der Waals surface area contributed by atoms with Crippen molar-refractivity contribution < 1.29 is 14.6 Å². The second-order valence-corrected chi connectivity index (χ2v) is 9.07. The van der Waals surface area contributed by atoms with Gasteiger partial charge in [-0.1, -0.05) is 60.1 Å². The molecule has 0 radical (unpaired) electrons. The van der Waals surface area contributed by atoms with Gasteiger partial charge in [0.25, 0.3) is 0 Å². The van der Waals surface area contributed by atoms with Crippen molar-refractivity contribution in [3.05, 3.63) is 112 Å². The molecule has 1 atom stereocenters. The molecule has 35 heavy (non-hydrogen) atoms. The van der Waals surface area contributed by atoms with Crippen LogP contribution in [0, 0.1) is 5.41 Å². The van der Waals surface area contributed by atoms with E-state index in [9.17, 15) is 15.3 Å². The third-order valence-electron chi connectivity index (χ3n) is 6.57. The van der Waals surface area contributed by atoms with Gasteiger partial charge in [0.1, 0.15) is 17.3 Å². The van der Waals surface area contributed by atoms with E-state index in [-0.39, 0.29) is 17.4 Å². The minimum absolute atomic E-state index is 0.0200. The van der Waals surface area contributed by atoms with Gasteiger partial charge in [0.15, 0.2) is 5.78 Å². The number of nitrogens with zero attached hydrogens (tertiary/aromatic N) is 1. The average Bonchev–Trinajstić information content (AvgIpc) is 2.88. The molecule has 0 saturated heterocycles. The number of nitrogens with one attached hydrogen (secondary N) is 1. The maximum Gasteiger partial charge on any atom is 0.161 e. The van der Waals surface area contributed by atoms with Crippen molar-refractivity contribution in [1.29, 1.82) is 5.41 Å².